The van der Waals surface area contributed by atoms with Gasteiger partial charge in [0, 0.05) is 0 Å². The summed E-state index contributed by atoms with van der Waals surface area (Å²) in [5.74, 6) is -3.52. The van der Waals surface area contributed by atoms with Crippen LogP contribution in [0.3, 0.4) is 0 Å². The number of carbonyl (C=O) groups is 3. The first-order chi connectivity index (χ1) is 7.50. The van der Waals surface area contributed by atoms with E-state index in [1.807, 2.05) is 0 Å². The van der Waals surface area contributed by atoms with Gasteiger partial charge in [-0.2, -0.15) is 0 Å². The van der Waals surface area contributed by atoms with Gasteiger partial charge in [-0.1, -0.05) is 13.0 Å². The number of rotatable bonds is 4. The summed E-state index contributed by atoms with van der Waals surface area (Å²) in [6.45, 7) is 1.37. The zero-order valence-electron chi connectivity index (χ0n) is 8.50. The number of ether oxygens (including phenoxy) is 1. The zero-order chi connectivity index (χ0) is 12.1. The van der Waals surface area contributed by atoms with Gasteiger partial charge in [0.25, 0.3) is 0 Å². The van der Waals surface area contributed by atoms with E-state index in [1.165, 1.54) is 13.0 Å². The van der Waals surface area contributed by atoms with Crippen LogP contribution >= 0.6 is 11.3 Å². The van der Waals surface area contributed by atoms with E-state index < -0.39 is 23.8 Å². The SMILES string of the molecule is CC(CC(=O)OC(=O)c1cccs1)C(=O)O. The Kier molecular flexibility index (Phi) is 4.19. The van der Waals surface area contributed by atoms with E-state index in [-0.39, 0.29) is 6.42 Å². The fraction of sp³-hybridized carbons (Fsp3) is 0.300. The van der Waals surface area contributed by atoms with E-state index in [4.69, 9.17) is 5.11 Å². The van der Waals surface area contributed by atoms with Crippen molar-refractivity contribution in [3.63, 3.8) is 0 Å². The van der Waals surface area contributed by atoms with Crippen molar-refractivity contribution in [2.75, 3.05) is 0 Å². The minimum absolute atomic E-state index is 0.313. The van der Waals surface area contributed by atoms with Gasteiger partial charge < -0.3 is 9.84 Å². The number of aliphatic carboxylic acids is 1. The van der Waals surface area contributed by atoms with Crippen LogP contribution in [-0.2, 0) is 14.3 Å². The van der Waals surface area contributed by atoms with Crippen molar-refractivity contribution >= 4 is 29.2 Å². The monoisotopic (exact) mass is 242 g/mol. The lowest BCUT2D eigenvalue weighted by Crippen LogP contribution is -2.18. The van der Waals surface area contributed by atoms with Gasteiger partial charge in [-0.25, -0.2) is 4.79 Å². The van der Waals surface area contributed by atoms with Crippen molar-refractivity contribution in [2.24, 2.45) is 5.92 Å². The van der Waals surface area contributed by atoms with Gasteiger partial charge in [0.2, 0.25) is 0 Å². The Morgan fingerprint density at radius 1 is 1.50 bits per heavy atom. The standard InChI is InChI=1S/C10H10O5S/c1-6(9(12)13)5-8(11)15-10(14)7-3-2-4-16-7/h2-4,6H,5H2,1H3,(H,12,13). The van der Waals surface area contributed by atoms with Gasteiger partial charge in [0.1, 0.15) is 4.88 Å². The summed E-state index contributed by atoms with van der Waals surface area (Å²) < 4.78 is 4.48. The van der Waals surface area contributed by atoms with Gasteiger partial charge in [-0.05, 0) is 11.4 Å². The maximum atomic E-state index is 11.3. The average molecular weight is 242 g/mol. The molecule has 0 aromatic carbocycles. The zero-order valence-corrected chi connectivity index (χ0v) is 9.32. The molecule has 0 saturated carbocycles. The second-order valence-electron chi connectivity index (χ2n) is 3.18. The number of carbonyl (C=O) groups excluding carboxylic acids is 2. The molecule has 1 N–H and O–H groups in total. The van der Waals surface area contributed by atoms with Crippen LogP contribution in [0.5, 0.6) is 0 Å². The molecular weight excluding hydrogens is 232 g/mol. The highest BCUT2D eigenvalue weighted by atomic mass is 32.1. The van der Waals surface area contributed by atoms with Crippen molar-refractivity contribution in [1.29, 1.82) is 0 Å². The molecule has 5 nitrogen and oxygen atoms in total. The second-order valence-corrected chi connectivity index (χ2v) is 4.13. The number of hydrogen-bond acceptors (Lipinski definition) is 5. The predicted octanol–water partition coefficient (Wildman–Crippen LogP) is 1.54. The molecule has 1 rings (SSSR count). The highest BCUT2D eigenvalue weighted by Gasteiger charge is 2.20. The molecule has 0 amide bonds. The molecule has 0 aliphatic rings. The van der Waals surface area contributed by atoms with Gasteiger partial charge in [0.05, 0.1) is 12.3 Å². The lowest BCUT2D eigenvalue weighted by atomic mass is 10.1. The van der Waals surface area contributed by atoms with Gasteiger partial charge in [0.15, 0.2) is 0 Å². The fourth-order valence-electron chi connectivity index (χ4n) is 0.927. The summed E-state index contributed by atoms with van der Waals surface area (Å²) in [5, 5.41) is 10.2. The van der Waals surface area contributed by atoms with E-state index in [0.29, 0.717) is 4.88 Å². The third kappa shape index (κ3) is 3.47. The van der Waals surface area contributed by atoms with Crippen LogP contribution in [0.25, 0.3) is 0 Å². The number of hydrogen-bond donors (Lipinski definition) is 1. The molecule has 1 aromatic heterocycles. The molecule has 0 bridgehead atoms. The summed E-state index contributed by atoms with van der Waals surface area (Å²) in [4.78, 5) is 33.2. The second kappa shape index (κ2) is 5.41. The quantitative estimate of drug-likeness (QED) is 0.639. The minimum Gasteiger partial charge on any atom is -0.481 e. The topological polar surface area (TPSA) is 80.7 Å². The molecule has 0 saturated heterocycles. The molecule has 0 aliphatic heterocycles. The molecule has 0 radical (unpaired) electrons. The molecule has 1 heterocycles. The number of carboxylic acids is 1. The van der Waals surface area contributed by atoms with Crippen LogP contribution in [-0.4, -0.2) is 23.0 Å². The van der Waals surface area contributed by atoms with Crippen molar-refractivity contribution in [3.8, 4) is 0 Å². The normalized spacial score (nSPS) is 11.8. The Balaban J connectivity index is 2.46. The number of esters is 2. The molecule has 6 heteroatoms. The third-order valence-corrected chi connectivity index (χ3v) is 2.67. The average Bonchev–Trinajstić information content (AvgIpc) is 2.69. The molecule has 86 valence electrons. The first-order valence-corrected chi connectivity index (χ1v) is 5.40. The smallest absolute Gasteiger partial charge is 0.355 e. The van der Waals surface area contributed by atoms with E-state index in [0.717, 1.165) is 11.3 Å². The van der Waals surface area contributed by atoms with Crippen molar-refractivity contribution in [1.82, 2.24) is 0 Å². The highest BCUT2D eigenvalue weighted by Crippen LogP contribution is 2.11. The fourth-order valence-corrected chi connectivity index (χ4v) is 1.53. The summed E-state index contributed by atoms with van der Waals surface area (Å²) in [7, 11) is 0. The Labute approximate surface area is 95.7 Å². The molecule has 1 atom stereocenters. The Bertz CT molecular complexity index is 395. The molecule has 0 spiro atoms. The molecular formula is C10H10O5S. The van der Waals surface area contributed by atoms with Crippen LogP contribution in [0.1, 0.15) is 23.0 Å². The number of carboxylic acid groups (broad SMARTS) is 1. The van der Waals surface area contributed by atoms with E-state index in [1.54, 1.807) is 11.4 Å². The maximum Gasteiger partial charge on any atom is 0.355 e. The minimum atomic E-state index is -1.10. The summed E-state index contributed by atoms with van der Waals surface area (Å²) in [6.07, 6.45) is -0.313. The maximum absolute atomic E-state index is 11.3. The summed E-state index contributed by atoms with van der Waals surface area (Å²) in [5.41, 5.74) is 0. The van der Waals surface area contributed by atoms with E-state index in [9.17, 15) is 14.4 Å². The number of thiophene rings is 1. The largest absolute Gasteiger partial charge is 0.481 e. The van der Waals surface area contributed by atoms with Gasteiger partial charge in [-0.3, -0.25) is 9.59 Å². The van der Waals surface area contributed by atoms with Crippen LogP contribution in [0.4, 0.5) is 0 Å². The highest BCUT2D eigenvalue weighted by molar-refractivity contribution is 7.12. The van der Waals surface area contributed by atoms with Crippen LogP contribution < -0.4 is 0 Å². The van der Waals surface area contributed by atoms with Crippen molar-refractivity contribution in [3.05, 3.63) is 22.4 Å². The molecule has 16 heavy (non-hydrogen) atoms. The van der Waals surface area contributed by atoms with Crippen LogP contribution in [0.2, 0.25) is 0 Å². The Morgan fingerprint density at radius 3 is 2.69 bits per heavy atom. The summed E-state index contributed by atoms with van der Waals surface area (Å²) >= 11 is 1.16. The van der Waals surface area contributed by atoms with Crippen molar-refractivity contribution < 1.29 is 24.2 Å². The van der Waals surface area contributed by atoms with Gasteiger partial charge >= 0.3 is 17.9 Å². The van der Waals surface area contributed by atoms with Gasteiger partial charge in [-0.15, -0.1) is 11.3 Å². The predicted molar refractivity (Wildman–Crippen MR) is 56.2 cm³/mol. The molecule has 1 unspecified atom stereocenters. The summed E-state index contributed by atoms with van der Waals surface area (Å²) in [6, 6.07) is 3.19. The molecule has 0 fully saturated rings. The first-order valence-electron chi connectivity index (χ1n) is 4.52. The van der Waals surface area contributed by atoms with E-state index in [2.05, 4.69) is 4.74 Å². The Hall–Kier alpha value is -1.69. The Morgan fingerprint density at radius 2 is 2.19 bits per heavy atom. The van der Waals surface area contributed by atoms with Crippen LogP contribution in [0, 0.1) is 5.92 Å². The first kappa shape index (κ1) is 12.4. The molecule has 1 aromatic rings. The lowest BCUT2D eigenvalue weighted by molar-refractivity contribution is -0.148. The lowest BCUT2D eigenvalue weighted by Gasteiger charge is -2.04. The van der Waals surface area contributed by atoms with Crippen LogP contribution in [0.15, 0.2) is 17.5 Å². The molecule has 0 aliphatic carbocycles. The van der Waals surface area contributed by atoms with Crippen molar-refractivity contribution in [2.45, 2.75) is 13.3 Å². The third-order valence-electron chi connectivity index (χ3n) is 1.82. The van der Waals surface area contributed by atoms with E-state index >= 15 is 0 Å².